The minimum Gasteiger partial charge on any atom is -0.393 e. The lowest BCUT2D eigenvalue weighted by Crippen LogP contribution is -2.60. The molecule has 3 heterocycles. The minimum absolute atomic E-state index is 0.0657. The third-order valence-electron chi connectivity index (χ3n) is 7.52. The lowest BCUT2D eigenvalue weighted by molar-refractivity contribution is -0.146. The maximum absolute atomic E-state index is 13.4. The van der Waals surface area contributed by atoms with Crippen molar-refractivity contribution in [3.8, 4) is 11.3 Å². The van der Waals surface area contributed by atoms with Gasteiger partial charge < -0.3 is 10.0 Å². The van der Waals surface area contributed by atoms with Crippen LogP contribution in [0.5, 0.6) is 0 Å². The maximum atomic E-state index is 13.4. The van der Waals surface area contributed by atoms with Crippen LogP contribution in [0.1, 0.15) is 62.5 Å². The number of hydrogen-bond acceptors (Lipinski definition) is 6. The fourth-order valence-corrected chi connectivity index (χ4v) is 4.77. The second kappa shape index (κ2) is 13.7. The number of halogens is 5. The van der Waals surface area contributed by atoms with Crippen LogP contribution < -0.4 is 0 Å². The Bertz CT molecular complexity index is 1390. The van der Waals surface area contributed by atoms with Gasteiger partial charge >= 0.3 is 6.68 Å². The van der Waals surface area contributed by atoms with Gasteiger partial charge in [0, 0.05) is 42.2 Å². The van der Waals surface area contributed by atoms with Crippen molar-refractivity contribution in [1.29, 1.82) is 0 Å². The molecule has 2 aromatic heterocycles. The molecule has 0 unspecified atom stereocenters. The highest BCUT2D eigenvalue weighted by Gasteiger charge is 2.39. The largest absolute Gasteiger partial charge is 0.393 e. The molecule has 0 atom stereocenters. The number of amides is 1. The van der Waals surface area contributed by atoms with E-state index < -0.39 is 18.3 Å². The summed E-state index contributed by atoms with van der Waals surface area (Å²) in [4.78, 5) is 31.5. The number of aldehydes is 1. The Morgan fingerprint density at radius 2 is 1.74 bits per heavy atom. The van der Waals surface area contributed by atoms with Crippen LogP contribution in [0.15, 0.2) is 30.5 Å². The van der Waals surface area contributed by atoms with Gasteiger partial charge in [-0.15, -0.1) is 0 Å². The number of piperazine rings is 1. The number of aromatic nitrogens is 3. The van der Waals surface area contributed by atoms with E-state index in [2.05, 4.69) is 35.9 Å². The molecule has 1 saturated heterocycles. The summed E-state index contributed by atoms with van der Waals surface area (Å²) in [5, 5.41) is 13.6. The fourth-order valence-electron chi connectivity index (χ4n) is 4.77. The molecular weight excluding hydrogens is 561 g/mol. The highest BCUT2D eigenvalue weighted by atomic mass is 19.4. The number of rotatable bonds is 4. The van der Waals surface area contributed by atoms with Crippen molar-refractivity contribution in [1.82, 2.24) is 24.4 Å². The van der Waals surface area contributed by atoms with E-state index in [1.807, 2.05) is 18.7 Å². The summed E-state index contributed by atoms with van der Waals surface area (Å²) in [5.41, 5.74) is 2.76. The monoisotopic (exact) mass is 597 g/mol. The van der Waals surface area contributed by atoms with Gasteiger partial charge in [0.2, 0.25) is 5.91 Å². The second-order valence-corrected chi connectivity index (χ2v) is 11.4. The maximum Gasteiger partial charge on any atom is 0.379 e. The number of nitrogens with zero attached hydrogens (tertiary/aromatic N) is 5. The zero-order valence-corrected chi connectivity index (χ0v) is 24.2. The SMILES string of the molecule is CC(C)c1cc(-c2ccc(F)c(F)c2)nn2cc(C=O)nc12.CN1CCN(C(=O)C2CC(O)C2)CC1(C)C.FC(F)F. The van der Waals surface area contributed by atoms with Crippen molar-refractivity contribution >= 4 is 17.8 Å². The third kappa shape index (κ3) is 8.09. The molecule has 1 saturated carbocycles. The number of aliphatic hydroxyl groups excluding tert-OH is 1. The van der Waals surface area contributed by atoms with Crippen molar-refractivity contribution < 1.29 is 36.6 Å². The number of benzene rings is 1. The molecule has 8 nitrogen and oxygen atoms in total. The Labute approximate surface area is 241 Å². The van der Waals surface area contributed by atoms with Crippen LogP contribution in [0.25, 0.3) is 16.9 Å². The van der Waals surface area contributed by atoms with Crippen LogP contribution in [0.3, 0.4) is 0 Å². The lowest BCUT2D eigenvalue weighted by Gasteiger charge is -2.47. The van der Waals surface area contributed by atoms with Gasteiger partial charge in [0.1, 0.15) is 5.69 Å². The van der Waals surface area contributed by atoms with Crippen molar-refractivity contribution in [3.63, 3.8) is 0 Å². The molecule has 5 rings (SSSR count). The lowest BCUT2D eigenvalue weighted by atomic mass is 9.81. The molecule has 1 aliphatic carbocycles. The molecule has 2 aliphatic rings. The molecule has 1 amide bonds. The van der Waals surface area contributed by atoms with Gasteiger partial charge in [0.15, 0.2) is 23.6 Å². The summed E-state index contributed by atoms with van der Waals surface area (Å²) < 4.78 is 57.0. The van der Waals surface area contributed by atoms with Crippen LogP contribution >= 0.6 is 0 Å². The number of carbonyl (C=O) groups excluding carboxylic acids is 2. The molecule has 2 fully saturated rings. The van der Waals surface area contributed by atoms with Crippen molar-refractivity contribution in [2.45, 2.75) is 64.8 Å². The molecule has 0 spiro atoms. The smallest absolute Gasteiger partial charge is 0.379 e. The third-order valence-corrected chi connectivity index (χ3v) is 7.52. The Morgan fingerprint density at radius 3 is 2.26 bits per heavy atom. The van der Waals surface area contributed by atoms with Crippen molar-refractivity contribution in [2.24, 2.45) is 5.92 Å². The summed E-state index contributed by atoms with van der Waals surface area (Å²) in [6.45, 7) is 7.21. The van der Waals surface area contributed by atoms with Gasteiger partial charge in [-0.05, 0) is 63.9 Å². The molecule has 3 aromatic rings. The predicted octanol–water partition coefficient (Wildman–Crippen LogP) is 5.10. The summed E-state index contributed by atoms with van der Waals surface area (Å²) >= 11 is 0. The Kier molecular flexibility index (Phi) is 10.8. The molecular formula is C29H36F5N5O3. The first-order valence-corrected chi connectivity index (χ1v) is 13.5. The van der Waals surface area contributed by atoms with Gasteiger partial charge in [-0.2, -0.15) is 18.3 Å². The van der Waals surface area contributed by atoms with Crippen molar-refractivity contribution in [3.05, 3.63) is 53.4 Å². The summed E-state index contributed by atoms with van der Waals surface area (Å²) in [7, 11) is 2.11. The highest BCUT2D eigenvalue weighted by molar-refractivity contribution is 5.80. The van der Waals surface area contributed by atoms with Crippen LogP contribution in [0, 0.1) is 17.6 Å². The summed E-state index contributed by atoms with van der Waals surface area (Å²) in [6, 6.07) is 5.42. The van der Waals surface area contributed by atoms with E-state index in [1.165, 1.54) is 16.8 Å². The van der Waals surface area contributed by atoms with E-state index in [0.717, 1.165) is 37.3 Å². The number of alkyl halides is 3. The average molecular weight is 598 g/mol. The van der Waals surface area contributed by atoms with Gasteiger partial charge in [-0.3, -0.25) is 14.5 Å². The standard InChI is InChI=1S/C16H13F2N3O.C12H22N2O2.CHF3/c1-9(2)12-6-15(10-3-4-13(17)14(18)5-10)20-21-7-11(8-22)19-16(12)21;1-12(2)8-14(5-4-13(12)3)11(16)9-6-10(15)7-9;2-1(3)4/h3-9H,1-2H3;9-10,15H,4-8H2,1-3H3;1H. The number of fused-ring (bicyclic) bond motifs is 1. The first kappa shape index (κ1) is 33.1. The normalized spacial score (nSPS) is 20.0. The number of imidazole rings is 1. The van der Waals surface area contributed by atoms with E-state index in [9.17, 15) is 36.6 Å². The first-order valence-electron chi connectivity index (χ1n) is 13.5. The van der Waals surface area contributed by atoms with Crippen LogP contribution in [0.2, 0.25) is 0 Å². The molecule has 42 heavy (non-hydrogen) atoms. The zero-order chi connectivity index (χ0) is 31.4. The Hall–Kier alpha value is -3.45. The Balaban J connectivity index is 0.000000213. The topological polar surface area (TPSA) is 91.0 Å². The van der Waals surface area contributed by atoms with E-state index in [0.29, 0.717) is 36.0 Å². The molecule has 0 radical (unpaired) electrons. The van der Waals surface area contributed by atoms with Gasteiger partial charge in [-0.1, -0.05) is 13.8 Å². The highest BCUT2D eigenvalue weighted by Crippen LogP contribution is 2.31. The van der Waals surface area contributed by atoms with Gasteiger partial charge in [0.05, 0.1) is 18.0 Å². The molecule has 13 heteroatoms. The van der Waals surface area contributed by atoms with Crippen LogP contribution in [-0.2, 0) is 4.79 Å². The van der Waals surface area contributed by atoms with Crippen LogP contribution in [0.4, 0.5) is 22.0 Å². The van der Waals surface area contributed by atoms with Crippen molar-refractivity contribution in [2.75, 3.05) is 26.7 Å². The average Bonchev–Trinajstić information content (AvgIpc) is 3.32. The van der Waals surface area contributed by atoms with E-state index in [4.69, 9.17) is 0 Å². The summed E-state index contributed by atoms with van der Waals surface area (Å²) in [5.74, 6) is -1.37. The number of likely N-dealkylation sites (N-methyl/N-ethyl adjacent to an activating group) is 1. The number of aliphatic hydroxyl groups is 1. The van der Waals surface area contributed by atoms with E-state index in [-0.39, 0.29) is 35.1 Å². The van der Waals surface area contributed by atoms with E-state index >= 15 is 0 Å². The quantitative estimate of drug-likeness (QED) is 0.333. The van der Waals surface area contributed by atoms with E-state index in [1.54, 1.807) is 6.07 Å². The van der Waals surface area contributed by atoms with Gasteiger partial charge in [-0.25, -0.2) is 18.3 Å². The first-order chi connectivity index (χ1) is 19.6. The second-order valence-electron chi connectivity index (χ2n) is 11.4. The molecule has 1 aliphatic heterocycles. The molecule has 0 bridgehead atoms. The molecule has 1 N–H and O–H groups in total. The Morgan fingerprint density at radius 1 is 1.10 bits per heavy atom. The number of carbonyl (C=O) groups is 2. The molecule has 230 valence electrons. The van der Waals surface area contributed by atoms with Gasteiger partial charge in [0.25, 0.3) is 0 Å². The fraction of sp³-hybridized carbons (Fsp3) is 0.517. The molecule has 1 aromatic carbocycles. The number of hydrogen-bond donors (Lipinski definition) is 1. The van der Waals surface area contributed by atoms with Crippen LogP contribution in [-0.4, -0.2) is 86.7 Å². The predicted molar refractivity (Wildman–Crippen MR) is 147 cm³/mol. The minimum atomic E-state index is -3.67. The zero-order valence-electron chi connectivity index (χ0n) is 24.2. The summed E-state index contributed by atoms with van der Waals surface area (Å²) in [6.07, 6.45) is 3.24.